The van der Waals surface area contributed by atoms with Crippen molar-refractivity contribution in [2.75, 3.05) is 5.32 Å². The molecule has 0 aliphatic heterocycles. The predicted molar refractivity (Wildman–Crippen MR) is 86.2 cm³/mol. The lowest BCUT2D eigenvalue weighted by atomic mass is 10.3. The number of tetrazole rings is 1. The van der Waals surface area contributed by atoms with E-state index in [2.05, 4.69) is 20.7 Å². The maximum Gasteiger partial charge on any atom is 0.248 e. The molecule has 1 aromatic carbocycles. The number of nitrogens with zero attached hydrogens (tertiary/aromatic N) is 4. The molecule has 0 radical (unpaired) electrons. The summed E-state index contributed by atoms with van der Waals surface area (Å²) in [7, 11) is 0. The fourth-order valence-corrected chi connectivity index (χ4v) is 2.87. The van der Waals surface area contributed by atoms with Crippen LogP contribution in [-0.4, -0.2) is 26.1 Å². The molecule has 0 aliphatic rings. The van der Waals surface area contributed by atoms with Crippen LogP contribution in [0.1, 0.15) is 0 Å². The smallest absolute Gasteiger partial charge is 0.248 e. The predicted octanol–water partition coefficient (Wildman–Crippen LogP) is 3.35. The van der Waals surface area contributed by atoms with Gasteiger partial charge in [-0.25, -0.2) is 0 Å². The molecule has 0 bridgehead atoms. The van der Waals surface area contributed by atoms with Crippen LogP contribution >= 0.6 is 34.5 Å². The molecule has 2 heterocycles. The average molecular weight is 354 g/mol. The van der Waals surface area contributed by atoms with Crippen molar-refractivity contribution in [2.45, 2.75) is 6.54 Å². The molecule has 3 aromatic rings. The van der Waals surface area contributed by atoms with Crippen molar-refractivity contribution in [3.8, 4) is 11.4 Å². The maximum atomic E-state index is 12.0. The molecule has 0 fully saturated rings. The Balaban J connectivity index is 1.70. The van der Waals surface area contributed by atoms with Crippen molar-refractivity contribution in [3.05, 3.63) is 45.1 Å². The Morgan fingerprint density at radius 1 is 1.27 bits per heavy atom. The number of carbonyl (C=O) groups excluding carboxylic acids is 1. The number of hydrogen-bond donors (Lipinski definition) is 1. The highest BCUT2D eigenvalue weighted by molar-refractivity contribution is 7.08. The van der Waals surface area contributed by atoms with Crippen molar-refractivity contribution in [1.29, 1.82) is 0 Å². The standard InChI is InChI=1S/C13H9Cl2N5OS/c14-9-2-1-3-10(15)12(9)16-11(21)6-20-18-13(17-19-20)8-4-5-22-7-8/h1-5,7H,6H2,(H,16,21). The zero-order chi connectivity index (χ0) is 15.5. The van der Waals surface area contributed by atoms with Gasteiger partial charge in [-0.15, -0.1) is 10.2 Å². The van der Waals surface area contributed by atoms with Gasteiger partial charge in [-0.05, 0) is 28.8 Å². The number of thiophene rings is 1. The molecule has 0 aliphatic carbocycles. The van der Waals surface area contributed by atoms with Gasteiger partial charge in [-0.1, -0.05) is 29.3 Å². The molecule has 1 amide bonds. The summed E-state index contributed by atoms with van der Waals surface area (Å²) in [6.45, 7) is -0.0846. The fourth-order valence-electron chi connectivity index (χ4n) is 1.74. The number of amides is 1. The number of anilines is 1. The van der Waals surface area contributed by atoms with E-state index < -0.39 is 0 Å². The Hall–Kier alpha value is -1.96. The molecule has 0 atom stereocenters. The van der Waals surface area contributed by atoms with Crippen LogP contribution in [-0.2, 0) is 11.3 Å². The molecular formula is C13H9Cl2N5OS. The first kappa shape index (κ1) is 15.0. The highest BCUT2D eigenvalue weighted by atomic mass is 35.5. The van der Waals surface area contributed by atoms with E-state index in [-0.39, 0.29) is 12.5 Å². The zero-order valence-electron chi connectivity index (χ0n) is 11.0. The summed E-state index contributed by atoms with van der Waals surface area (Å²) < 4.78 is 0. The third-order valence-corrected chi connectivity index (χ3v) is 4.06. The van der Waals surface area contributed by atoms with Crippen molar-refractivity contribution < 1.29 is 4.79 Å². The van der Waals surface area contributed by atoms with Gasteiger partial charge in [0.2, 0.25) is 11.7 Å². The van der Waals surface area contributed by atoms with Crippen molar-refractivity contribution >= 4 is 46.1 Å². The molecule has 3 rings (SSSR count). The van der Waals surface area contributed by atoms with E-state index in [1.165, 1.54) is 16.1 Å². The lowest BCUT2D eigenvalue weighted by Gasteiger charge is -2.08. The van der Waals surface area contributed by atoms with Crippen LogP contribution in [0.15, 0.2) is 35.0 Å². The summed E-state index contributed by atoms with van der Waals surface area (Å²) in [4.78, 5) is 13.2. The molecule has 9 heteroatoms. The number of benzene rings is 1. The number of hydrogen-bond acceptors (Lipinski definition) is 5. The lowest BCUT2D eigenvalue weighted by Crippen LogP contribution is -2.20. The number of halogens is 2. The summed E-state index contributed by atoms with van der Waals surface area (Å²) in [6.07, 6.45) is 0. The average Bonchev–Trinajstić information content (AvgIpc) is 3.13. The van der Waals surface area contributed by atoms with Crippen molar-refractivity contribution in [2.24, 2.45) is 0 Å². The van der Waals surface area contributed by atoms with Gasteiger partial charge in [0, 0.05) is 10.9 Å². The first-order valence-corrected chi connectivity index (χ1v) is 7.87. The SMILES string of the molecule is O=C(Cn1nnc(-c2ccsc2)n1)Nc1c(Cl)cccc1Cl. The molecule has 6 nitrogen and oxygen atoms in total. The van der Waals surface area contributed by atoms with E-state index in [0.717, 1.165) is 5.56 Å². The Kier molecular flexibility index (Phi) is 4.37. The van der Waals surface area contributed by atoms with Crippen molar-refractivity contribution in [3.63, 3.8) is 0 Å². The Bertz CT molecular complexity index is 782. The van der Waals surface area contributed by atoms with E-state index in [1.54, 1.807) is 18.2 Å². The van der Waals surface area contributed by atoms with Gasteiger partial charge in [0.15, 0.2) is 0 Å². The molecule has 112 valence electrons. The molecule has 22 heavy (non-hydrogen) atoms. The molecule has 0 saturated heterocycles. The van der Waals surface area contributed by atoms with Crippen LogP contribution in [0.4, 0.5) is 5.69 Å². The summed E-state index contributed by atoms with van der Waals surface area (Å²) >= 11 is 13.5. The van der Waals surface area contributed by atoms with Crippen molar-refractivity contribution in [1.82, 2.24) is 20.2 Å². The Morgan fingerprint density at radius 3 is 2.73 bits per heavy atom. The summed E-state index contributed by atoms with van der Waals surface area (Å²) in [5.41, 5.74) is 1.24. The van der Waals surface area contributed by atoms with Crippen LogP contribution < -0.4 is 5.32 Å². The van der Waals surface area contributed by atoms with Crippen LogP contribution in [0.25, 0.3) is 11.4 Å². The monoisotopic (exact) mass is 353 g/mol. The second-order valence-corrected chi connectivity index (χ2v) is 5.89. The normalized spacial score (nSPS) is 10.6. The van der Waals surface area contributed by atoms with Gasteiger partial charge in [0.05, 0.1) is 15.7 Å². The third-order valence-electron chi connectivity index (χ3n) is 2.74. The van der Waals surface area contributed by atoms with E-state index in [0.29, 0.717) is 21.6 Å². The summed E-state index contributed by atoms with van der Waals surface area (Å²) in [5, 5.41) is 19.1. The lowest BCUT2D eigenvalue weighted by molar-refractivity contribution is -0.117. The number of aromatic nitrogens is 4. The van der Waals surface area contributed by atoms with Crippen LogP contribution in [0.3, 0.4) is 0 Å². The Labute approximate surface area is 139 Å². The second kappa shape index (κ2) is 6.43. The molecule has 0 saturated carbocycles. The third kappa shape index (κ3) is 3.27. The number of carbonyl (C=O) groups is 1. The van der Waals surface area contributed by atoms with E-state index in [4.69, 9.17) is 23.2 Å². The summed E-state index contributed by atoms with van der Waals surface area (Å²) in [6, 6.07) is 6.87. The minimum absolute atomic E-state index is 0.0846. The molecule has 0 unspecified atom stereocenters. The number of nitrogens with one attached hydrogen (secondary N) is 1. The first-order valence-electron chi connectivity index (χ1n) is 6.18. The highest BCUT2D eigenvalue weighted by Crippen LogP contribution is 2.29. The van der Waals surface area contributed by atoms with Gasteiger partial charge in [-0.2, -0.15) is 16.1 Å². The number of rotatable bonds is 4. The molecule has 2 aromatic heterocycles. The molecular weight excluding hydrogens is 345 g/mol. The minimum Gasteiger partial charge on any atom is -0.322 e. The number of para-hydroxylation sites is 1. The topological polar surface area (TPSA) is 72.7 Å². The first-order chi connectivity index (χ1) is 10.6. The van der Waals surface area contributed by atoms with E-state index >= 15 is 0 Å². The van der Waals surface area contributed by atoms with Crippen LogP contribution in [0.5, 0.6) is 0 Å². The van der Waals surface area contributed by atoms with Gasteiger partial charge in [0.25, 0.3) is 0 Å². The van der Waals surface area contributed by atoms with E-state index in [1.807, 2.05) is 16.8 Å². The Morgan fingerprint density at radius 2 is 2.05 bits per heavy atom. The maximum absolute atomic E-state index is 12.0. The second-order valence-electron chi connectivity index (χ2n) is 4.30. The fraction of sp³-hybridized carbons (Fsp3) is 0.0769. The zero-order valence-corrected chi connectivity index (χ0v) is 13.4. The quantitative estimate of drug-likeness (QED) is 0.780. The minimum atomic E-state index is -0.343. The molecule has 1 N–H and O–H groups in total. The highest BCUT2D eigenvalue weighted by Gasteiger charge is 2.12. The molecule has 0 spiro atoms. The van der Waals surface area contributed by atoms with Crippen LogP contribution in [0.2, 0.25) is 10.0 Å². The van der Waals surface area contributed by atoms with Gasteiger partial charge < -0.3 is 5.32 Å². The van der Waals surface area contributed by atoms with Gasteiger partial charge in [0.1, 0.15) is 6.54 Å². The summed E-state index contributed by atoms with van der Waals surface area (Å²) in [5.74, 6) is 0.133. The van der Waals surface area contributed by atoms with E-state index in [9.17, 15) is 4.79 Å². The van der Waals surface area contributed by atoms with Gasteiger partial charge >= 0.3 is 0 Å². The largest absolute Gasteiger partial charge is 0.322 e. The van der Waals surface area contributed by atoms with Crippen LogP contribution in [0, 0.1) is 0 Å². The van der Waals surface area contributed by atoms with Gasteiger partial charge in [-0.3, -0.25) is 4.79 Å².